The summed E-state index contributed by atoms with van der Waals surface area (Å²) in [7, 11) is 0. The van der Waals surface area contributed by atoms with Gasteiger partial charge >= 0.3 is 0 Å². The lowest BCUT2D eigenvalue weighted by molar-refractivity contribution is 0.857. The van der Waals surface area contributed by atoms with E-state index in [4.69, 9.17) is 0 Å². The molecule has 0 spiro atoms. The van der Waals surface area contributed by atoms with E-state index in [1.807, 2.05) is 0 Å². The normalized spacial score (nSPS) is 10.9. The predicted octanol–water partition coefficient (Wildman–Crippen LogP) is 5.09. The molecule has 2 rings (SSSR count). The van der Waals surface area contributed by atoms with E-state index in [-0.39, 0.29) is 0 Å². The summed E-state index contributed by atoms with van der Waals surface area (Å²) < 4.78 is 0. The minimum Gasteiger partial charge on any atom is -0.0587 e. The van der Waals surface area contributed by atoms with Gasteiger partial charge in [0.2, 0.25) is 0 Å². The van der Waals surface area contributed by atoms with Gasteiger partial charge in [-0.1, -0.05) is 61.9 Å². The highest BCUT2D eigenvalue weighted by Gasteiger charge is 2.05. The predicted molar refractivity (Wildman–Crippen MR) is 75.4 cm³/mol. The Hall–Kier alpha value is -1.56. The molecule has 0 atom stereocenters. The fraction of sp³-hybridized carbons (Fsp3) is 0.294. The van der Waals surface area contributed by atoms with E-state index in [2.05, 4.69) is 70.2 Å². The van der Waals surface area contributed by atoms with Crippen molar-refractivity contribution in [2.24, 2.45) is 0 Å². The van der Waals surface area contributed by atoms with Crippen molar-refractivity contribution in [1.82, 2.24) is 0 Å². The van der Waals surface area contributed by atoms with Gasteiger partial charge < -0.3 is 0 Å². The Bertz CT molecular complexity index is 504. The maximum Gasteiger partial charge on any atom is -0.0181 e. The topological polar surface area (TPSA) is 0 Å². The van der Waals surface area contributed by atoms with Crippen LogP contribution in [0.2, 0.25) is 0 Å². The van der Waals surface area contributed by atoms with Crippen LogP contribution in [-0.2, 0) is 0 Å². The second kappa shape index (κ2) is 4.75. The minimum absolute atomic E-state index is 0.584. The smallest absolute Gasteiger partial charge is 0.0181 e. The molecule has 88 valence electrons. The maximum atomic E-state index is 2.32. The molecule has 0 amide bonds. The van der Waals surface area contributed by atoms with Gasteiger partial charge in [0.15, 0.2) is 0 Å². The first-order chi connectivity index (χ1) is 8.08. The maximum absolute atomic E-state index is 2.32. The first kappa shape index (κ1) is 11.9. The molecule has 0 N–H and O–H groups in total. The molecule has 0 unspecified atom stereocenters. The molecule has 2 aromatic carbocycles. The number of hydrogen-bond donors (Lipinski definition) is 0. The highest BCUT2D eigenvalue weighted by molar-refractivity contribution is 5.65. The van der Waals surface area contributed by atoms with Gasteiger partial charge in [-0.15, -0.1) is 0 Å². The minimum atomic E-state index is 0.584. The Morgan fingerprint density at radius 2 is 1.35 bits per heavy atom. The van der Waals surface area contributed by atoms with Gasteiger partial charge in [-0.25, -0.2) is 0 Å². The summed E-state index contributed by atoms with van der Waals surface area (Å²) >= 11 is 0. The number of rotatable bonds is 2. The lowest BCUT2D eigenvalue weighted by Gasteiger charge is -2.12. The van der Waals surface area contributed by atoms with Crippen LogP contribution in [0.4, 0.5) is 0 Å². The molecule has 0 radical (unpaired) electrons. The highest BCUT2D eigenvalue weighted by atomic mass is 14.1. The molecular weight excluding hydrogens is 204 g/mol. The van der Waals surface area contributed by atoms with Crippen LogP contribution in [0, 0.1) is 13.8 Å². The third kappa shape index (κ3) is 2.58. The Balaban J connectivity index is 2.46. The van der Waals surface area contributed by atoms with Crippen molar-refractivity contribution in [3.63, 3.8) is 0 Å². The summed E-state index contributed by atoms with van der Waals surface area (Å²) in [4.78, 5) is 0. The Morgan fingerprint density at radius 1 is 0.765 bits per heavy atom. The van der Waals surface area contributed by atoms with Crippen molar-refractivity contribution < 1.29 is 0 Å². The average molecular weight is 224 g/mol. The van der Waals surface area contributed by atoms with Gasteiger partial charge in [-0.2, -0.15) is 0 Å². The average Bonchev–Trinajstić information content (AvgIpc) is 2.30. The highest BCUT2D eigenvalue weighted by Crippen LogP contribution is 2.26. The van der Waals surface area contributed by atoms with Crippen LogP contribution in [0.5, 0.6) is 0 Å². The van der Waals surface area contributed by atoms with Crippen LogP contribution in [-0.4, -0.2) is 0 Å². The van der Waals surface area contributed by atoms with E-state index in [9.17, 15) is 0 Å². The monoisotopic (exact) mass is 224 g/mol. The number of hydrogen-bond acceptors (Lipinski definition) is 0. The summed E-state index contributed by atoms with van der Waals surface area (Å²) in [6.07, 6.45) is 0. The molecule has 17 heavy (non-hydrogen) atoms. The van der Waals surface area contributed by atoms with Gasteiger partial charge in [-0.3, -0.25) is 0 Å². The number of aryl methyl sites for hydroxylation is 2. The summed E-state index contributed by atoms with van der Waals surface area (Å²) in [6, 6.07) is 15.5. The SMILES string of the molecule is Cc1ccc(-c2ccc(C)c(C(C)C)c2)cc1. The van der Waals surface area contributed by atoms with Crippen LogP contribution in [0.1, 0.15) is 36.5 Å². The largest absolute Gasteiger partial charge is 0.0587 e. The first-order valence-electron chi connectivity index (χ1n) is 6.25. The van der Waals surface area contributed by atoms with E-state index in [1.54, 1.807) is 0 Å². The van der Waals surface area contributed by atoms with E-state index in [1.165, 1.54) is 27.8 Å². The van der Waals surface area contributed by atoms with Crippen molar-refractivity contribution in [3.8, 4) is 11.1 Å². The van der Waals surface area contributed by atoms with Gasteiger partial charge in [0.05, 0.1) is 0 Å². The summed E-state index contributed by atoms with van der Waals surface area (Å²) in [5, 5.41) is 0. The van der Waals surface area contributed by atoms with Crippen molar-refractivity contribution in [2.75, 3.05) is 0 Å². The van der Waals surface area contributed by atoms with Crippen LogP contribution < -0.4 is 0 Å². The molecule has 2 aromatic rings. The quantitative estimate of drug-likeness (QED) is 0.666. The molecule has 0 saturated heterocycles. The zero-order valence-corrected chi connectivity index (χ0v) is 11.1. The van der Waals surface area contributed by atoms with Crippen LogP contribution in [0.25, 0.3) is 11.1 Å². The summed E-state index contributed by atoms with van der Waals surface area (Å²) in [5.41, 5.74) is 6.76. The fourth-order valence-corrected chi connectivity index (χ4v) is 2.19. The molecule has 0 fully saturated rings. The lowest BCUT2D eigenvalue weighted by Crippen LogP contribution is -1.92. The van der Waals surface area contributed by atoms with Crippen molar-refractivity contribution >= 4 is 0 Å². The van der Waals surface area contributed by atoms with Gasteiger partial charge in [0.1, 0.15) is 0 Å². The molecule has 0 bridgehead atoms. The summed E-state index contributed by atoms with van der Waals surface area (Å²) in [6.45, 7) is 8.81. The van der Waals surface area contributed by atoms with Gasteiger partial charge in [-0.05, 0) is 42.0 Å². The third-order valence-electron chi connectivity index (χ3n) is 3.29. The van der Waals surface area contributed by atoms with E-state index in [0.29, 0.717) is 5.92 Å². The van der Waals surface area contributed by atoms with Crippen molar-refractivity contribution in [1.29, 1.82) is 0 Å². The molecule has 0 aliphatic heterocycles. The van der Waals surface area contributed by atoms with E-state index < -0.39 is 0 Å². The van der Waals surface area contributed by atoms with Gasteiger partial charge in [0, 0.05) is 0 Å². The Labute approximate surface area is 104 Å². The Kier molecular flexibility index (Phi) is 3.33. The van der Waals surface area contributed by atoms with Gasteiger partial charge in [0.25, 0.3) is 0 Å². The van der Waals surface area contributed by atoms with Crippen LogP contribution in [0.15, 0.2) is 42.5 Å². The van der Waals surface area contributed by atoms with Crippen molar-refractivity contribution in [2.45, 2.75) is 33.6 Å². The summed E-state index contributed by atoms with van der Waals surface area (Å²) in [5.74, 6) is 0.584. The fourth-order valence-electron chi connectivity index (χ4n) is 2.19. The molecule has 0 aliphatic rings. The Morgan fingerprint density at radius 3 is 1.94 bits per heavy atom. The standard InChI is InChI=1S/C17H20/c1-12(2)17-11-16(10-7-14(17)4)15-8-5-13(3)6-9-15/h5-12H,1-4H3. The molecule has 0 nitrogen and oxygen atoms in total. The van der Waals surface area contributed by atoms with Crippen LogP contribution >= 0.6 is 0 Å². The second-order valence-corrected chi connectivity index (χ2v) is 5.09. The molecule has 0 aliphatic carbocycles. The molecule has 0 heteroatoms. The first-order valence-corrected chi connectivity index (χ1v) is 6.25. The lowest BCUT2D eigenvalue weighted by atomic mass is 9.93. The molecular formula is C17H20. The van der Waals surface area contributed by atoms with Crippen molar-refractivity contribution in [3.05, 3.63) is 59.2 Å². The number of benzene rings is 2. The van der Waals surface area contributed by atoms with Crippen LogP contribution in [0.3, 0.4) is 0 Å². The second-order valence-electron chi connectivity index (χ2n) is 5.09. The van der Waals surface area contributed by atoms with E-state index >= 15 is 0 Å². The van der Waals surface area contributed by atoms with E-state index in [0.717, 1.165) is 0 Å². The molecule has 0 saturated carbocycles. The third-order valence-corrected chi connectivity index (χ3v) is 3.29. The molecule has 0 aromatic heterocycles. The molecule has 0 heterocycles. The zero-order chi connectivity index (χ0) is 12.4. The zero-order valence-electron chi connectivity index (χ0n) is 11.1.